The lowest BCUT2D eigenvalue weighted by Gasteiger charge is -2.16. The maximum absolute atomic E-state index is 11.9. The van der Waals surface area contributed by atoms with Gasteiger partial charge in [-0.2, -0.15) is 5.10 Å². The van der Waals surface area contributed by atoms with E-state index >= 15 is 0 Å². The minimum atomic E-state index is 0.232. The number of Topliss-reactive ketones (excluding diaryl/α,β-unsaturated/α-hetero) is 1. The summed E-state index contributed by atoms with van der Waals surface area (Å²) >= 11 is 0. The lowest BCUT2D eigenvalue weighted by molar-refractivity contribution is 0.0972. The fourth-order valence-electron chi connectivity index (χ4n) is 2.73. The molecule has 1 aromatic carbocycles. The normalized spacial score (nSPS) is 14.1. The molecule has 0 unspecified atom stereocenters. The molecule has 0 bridgehead atoms. The van der Waals surface area contributed by atoms with Crippen LogP contribution in [0.25, 0.3) is 0 Å². The van der Waals surface area contributed by atoms with Crippen LogP contribution < -0.4 is 4.74 Å². The van der Waals surface area contributed by atoms with Crippen LogP contribution in [0.1, 0.15) is 47.1 Å². The van der Waals surface area contributed by atoms with Gasteiger partial charge in [0.25, 0.3) is 0 Å². The first-order valence-electron chi connectivity index (χ1n) is 7.48. The van der Waals surface area contributed by atoms with Crippen LogP contribution >= 0.6 is 0 Å². The second-order valence-corrected chi connectivity index (χ2v) is 5.49. The monoisotopic (exact) mass is 284 g/mol. The quantitative estimate of drug-likeness (QED) is 0.866. The lowest BCUT2D eigenvalue weighted by Crippen LogP contribution is -2.11. The van der Waals surface area contributed by atoms with Gasteiger partial charge in [-0.15, -0.1) is 0 Å². The van der Waals surface area contributed by atoms with E-state index in [-0.39, 0.29) is 5.78 Å². The van der Waals surface area contributed by atoms with Crippen LogP contribution in [-0.2, 0) is 26.5 Å². The molecule has 0 N–H and O–H groups in total. The van der Waals surface area contributed by atoms with Crippen molar-refractivity contribution in [2.75, 3.05) is 0 Å². The summed E-state index contributed by atoms with van der Waals surface area (Å²) in [5, 5.41) is 4.41. The zero-order valence-electron chi connectivity index (χ0n) is 12.6. The number of ketones is 1. The number of benzene rings is 1. The van der Waals surface area contributed by atoms with Crippen LogP contribution in [0.2, 0.25) is 0 Å². The molecule has 0 saturated carbocycles. The summed E-state index contributed by atoms with van der Waals surface area (Å²) in [5.74, 6) is 0.985. The van der Waals surface area contributed by atoms with Crippen molar-refractivity contribution in [1.82, 2.24) is 9.78 Å². The number of carbonyl (C=O) groups excluding carboxylic acids is 1. The highest BCUT2D eigenvalue weighted by molar-refractivity contribution is 5.98. The van der Waals surface area contributed by atoms with Crippen LogP contribution in [0.5, 0.6) is 5.75 Å². The van der Waals surface area contributed by atoms with Crippen molar-refractivity contribution in [3.05, 3.63) is 46.8 Å². The molecule has 0 spiro atoms. The Kier molecular flexibility index (Phi) is 3.78. The Labute approximate surface area is 124 Å². The number of carbonyl (C=O) groups is 1. The molecule has 0 fully saturated rings. The second kappa shape index (κ2) is 5.72. The Morgan fingerprint density at radius 3 is 2.90 bits per heavy atom. The molecule has 1 aliphatic rings. The third kappa shape index (κ3) is 2.84. The molecule has 21 heavy (non-hydrogen) atoms. The van der Waals surface area contributed by atoms with Gasteiger partial charge in [-0.3, -0.25) is 9.48 Å². The highest BCUT2D eigenvalue weighted by atomic mass is 16.5. The highest BCUT2D eigenvalue weighted by Gasteiger charge is 2.17. The number of aromatic nitrogens is 2. The number of aryl methyl sites for hydroxylation is 3. The lowest BCUT2D eigenvalue weighted by atomic mass is 9.90. The van der Waals surface area contributed by atoms with Crippen LogP contribution in [0.15, 0.2) is 24.3 Å². The first kappa shape index (κ1) is 13.9. The molecule has 1 aromatic heterocycles. The largest absolute Gasteiger partial charge is 0.487 e. The zero-order chi connectivity index (χ0) is 14.8. The Morgan fingerprint density at radius 1 is 1.29 bits per heavy atom. The van der Waals surface area contributed by atoms with Gasteiger partial charge in [0.15, 0.2) is 5.78 Å². The Morgan fingerprint density at radius 2 is 2.14 bits per heavy atom. The molecule has 0 radical (unpaired) electrons. The molecule has 0 atom stereocenters. The molecule has 0 aliphatic heterocycles. The van der Waals surface area contributed by atoms with Gasteiger partial charge in [0.2, 0.25) is 0 Å². The summed E-state index contributed by atoms with van der Waals surface area (Å²) in [6, 6.07) is 7.91. The van der Waals surface area contributed by atoms with Crippen molar-refractivity contribution < 1.29 is 9.53 Å². The van der Waals surface area contributed by atoms with Crippen molar-refractivity contribution in [3.63, 3.8) is 0 Å². The van der Waals surface area contributed by atoms with E-state index in [1.54, 1.807) is 0 Å². The average Bonchev–Trinajstić information content (AvgIpc) is 2.86. The van der Waals surface area contributed by atoms with Crippen molar-refractivity contribution in [2.45, 2.75) is 39.2 Å². The third-order valence-corrected chi connectivity index (χ3v) is 4.01. The van der Waals surface area contributed by atoms with E-state index in [1.165, 1.54) is 0 Å². The minimum Gasteiger partial charge on any atom is -0.487 e. The van der Waals surface area contributed by atoms with Crippen LogP contribution in [0.4, 0.5) is 0 Å². The standard InChI is InChI=1S/C17H20N2O2/c1-3-13-9-14(19(2)18-13)11-21-15-8-7-12-5-4-6-17(20)16(12)10-15/h7-10H,3-6,11H2,1-2H3. The SMILES string of the molecule is CCc1cc(COc2ccc3c(c2)C(=O)CCC3)n(C)n1. The Hall–Kier alpha value is -2.10. The fraction of sp³-hybridized carbons (Fsp3) is 0.412. The number of nitrogens with zero attached hydrogens (tertiary/aromatic N) is 2. The van der Waals surface area contributed by atoms with Gasteiger partial charge in [-0.05, 0) is 43.0 Å². The van der Waals surface area contributed by atoms with Gasteiger partial charge in [-0.1, -0.05) is 13.0 Å². The van der Waals surface area contributed by atoms with E-state index in [1.807, 2.05) is 29.9 Å². The number of fused-ring (bicyclic) bond motifs is 1. The van der Waals surface area contributed by atoms with Crippen LogP contribution in [0, 0.1) is 0 Å². The number of rotatable bonds is 4. The molecule has 4 heteroatoms. The number of ether oxygens (including phenoxy) is 1. The van der Waals surface area contributed by atoms with Crippen LogP contribution in [0.3, 0.4) is 0 Å². The smallest absolute Gasteiger partial charge is 0.163 e. The minimum absolute atomic E-state index is 0.232. The molecule has 1 heterocycles. The molecule has 2 aromatic rings. The fourth-order valence-corrected chi connectivity index (χ4v) is 2.73. The van der Waals surface area contributed by atoms with E-state index in [0.717, 1.165) is 47.5 Å². The number of hydrogen-bond donors (Lipinski definition) is 0. The highest BCUT2D eigenvalue weighted by Crippen LogP contribution is 2.25. The van der Waals surface area contributed by atoms with Gasteiger partial charge in [-0.25, -0.2) is 0 Å². The summed E-state index contributed by atoms with van der Waals surface area (Å²) in [6.45, 7) is 2.55. The summed E-state index contributed by atoms with van der Waals surface area (Å²) in [7, 11) is 1.92. The van der Waals surface area contributed by atoms with Gasteiger partial charge in [0.05, 0.1) is 11.4 Å². The molecular weight excluding hydrogens is 264 g/mol. The molecule has 3 rings (SSSR count). The van der Waals surface area contributed by atoms with Crippen molar-refractivity contribution in [3.8, 4) is 5.75 Å². The van der Waals surface area contributed by atoms with E-state index in [4.69, 9.17) is 4.74 Å². The van der Waals surface area contributed by atoms with Gasteiger partial charge >= 0.3 is 0 Å². The first-order valence-corrected chi connectivity index (χ1v) is 7.48. The maximum atomic E-state index is 11.9. The molecular formula is C17H20N2O2. The van der Waals surface area contributed by atoms with Crippen molar-refractivity contribution in [2.24, 2.45) is 7.05 Å². The predicted octanol–water partition coefficient (Wildman–Crippen LogP) is 3.08. The van der Waals surface area contributed by atoms with E-state index in [9.17, 15) is 4.79 Å². The molecule has 110 valence electrons. The summed E-state index contributed by atoms with van der Waals surface area (Å²) in [5.41, 5.74) is 4.08. The maximum Gasteiger partial charge on any atom is 0.163 e. The van der Waals surface area contributed by atoms with E-state index in [2.05, 4.69) is 18.1 Å². The molecule has 0 saturated heterocycles. The summed E-state index contributed by atoms with van der Waals surface area (Å²) < 4.78 is 7.68. The average molecular weight is 284 g/mol. The van der Waals surface area contributed by atoms with Gasteiger partial charge < -0.3 is 4.74 Å². The molecule has 1 aliphatic carbocycles. The first-order chi connectivity index (χ1) is 10.2. The summed E-state index contributed by atoms with van der Waals surface area (Å²) in [4.78, 5) is 11.9. The third-order valence-electron chi connectivity index (χ3n) is 4.01. The summed E-state index contributed by atoms with van der Waals surface area (Å²) in [6.07, 6.45) is 3.52. The Bertz CT molecular complexity index is 673. The number of hydrogen-bond acceptors (Lipinski definition) is 3. The van der Waals surface area contributed by atoms with E-state index in [0.29, 0.717) is 13.0 Å². The van der Waals surface area contributed by atoms with Gasteiger partial charge in [0, 0.05) is 19.0 Å². The zero-order valence-corrected chi connectivity index (χ0v) is 12.6. The predicted molar refractivity (Wildman–Crippen MR) is 80.6 cm³/mol. The topological polar surface area (TPSA) is 44.1 Å². The molecule has 0 amide bonds. The van der Waals surface area contributed by atoms with Crippen molar-refractivity contribution in [1.29, 1.82) is 0 Å². The van der Waals surface area contributed by atoms with E-state index < -0.39 is 0 Å². The second-order valence-electron chi connectivity index (χ2n) is 5.49. The molecule has 4 nitrogen and oxygen atoms in total. The van der Waals surface area contributed by atoms with Gasteiger partial charge in [0.1, 0.15) is 12.4 Å². The van der Waals surface area contributed by atoms with Crippen LogP contribution in [-0.4, -0.2) is 15.6 Å². The Balaban J connectivity index is 1.74. The van der Waals surface area contributed by atoms with Crippen molar-refractivity contribution >= 4 is 5.78 Å².